The third-order valence-electron chi connectivity index (χ3n) is 5.43. The van der Waals surface area contributed by atoms with Crippen molar-refractivity contribution in [3.05, 3.63) is 90.0 Å². The number of hydrogen-bond donors (Lipinski definition) is 1. The Bertz CT molecular complexity index is 1200. The van der Waals surface area contributed by atoms with Crippen molar-refractivity contribution in [2.24, 2.45) is 0 Å². The van der Waals surface area contributed by atoms with Crippen LogP contribution in [0, 0.1) is 0 Å². The Kier molecular flexibility index (Phi) is 6.84. The summed E-state index contributed by atoms with van der Waals surface area (Å²) in [6, 6.07) is 23.5. The standard InChI is InChI=1S/C25H26N2O5S/c1-31-21-13-11-19(12-14-21)15-16-26-25(28)24-17-27(22-9-5-6-10-23(22)32-24)33(29,30)18-20-7-3-2-4-8-20/h2-14,24H,15-18H2,1H3,(H,26,28). The van der Waals surface area contributed by atoms with Crippen LogP contribution >= 0.6 is 0 Å². The molecule has 8 heteroatoms. The maximum absolute atomic E-state index is 13.3. The number of para-hydroxylation sites is 2. The fourth-order valence-electron chi connectivity index (χ4n) is 3.70. The molecule has 0 saturated carbocycles. The molecule has 1 N–H and O–H groups in total. The molecular weight excluding hydrogens is 440 g/mol. The largest absolute Gasteiger partial charge is 0.497 e. The van der Waals surface area contributed by atoms with Crippen molar-refractivity contribution in [3.8, 4) is 11.5 Å². The SMILES string of the molecule is COc1ccc(CCNC(=O)C2CN(S(=O)(=O)Cc3ccccc3)c3ccccc3O2)cc1. The summed E-state index contributed by atoms with van der Waals surface area (Å²) in [5.41, 5.74) is 2.18. The summed E-state index contributed by atoms with van der Waals surface area (Å²) < 4.78 is 38.8. The quantitative estimate of drug-likeness (QED) is 0.551. The minimum absolute atomic E-state index is 0.0828. The van der Waals surface area contributed by atoms with Gasteiger partial charge in [0, 0.05) is 6.54 Å². The van der Waals surface area contributed by atoms with Gasteiger partial charge in [-0.15, -0.1) is 0 Å². The number of nitrogens with zero attached hydrogens (tertiary/aromatic N) is 1. The summed E-state index contributed by atoms with van der Waals surface area (Å²) in [7, 11) is -2.11. The second-order valence-electron chi connectivity index (χ2n) is 7.74. The average molecular weight is 467 g/mol. The van der Waals surface area contributed by atoms with Crippen LogP contribution in [0.3, 0.4) is 0 Å². The van der Waals surface area contributed by atoms with Crippen LogP contribution in [0.25, 0.3) is 0 Å². The Hall–Kier alpha value is -3.52. The summed E-state index contributed by atoms with van der Waals surface area (Å²) in [4.78, 5) is 12.9. The van der Waals surface area contributed by atoms with Crippen LogP contribution in [-0.2, 0) is 27.0 Å². The molecule has 3 aromatic rings. The van der Waals surface area contributed by atoms with Crippen LogP contribution in [0.2, 0.25) is 0 Å². The lowest BCUT2D eigenvalue weighted by Crippen LogP contribution is -2.51. The molecule has 1 unspecified atom stereocenters. The highest BCUT2D eigenvalue weighted by molar-refractivity contribution is 7.92. The smallest absolute Gasteiger partial charge is 0.263 e. The lowest BCUT2D eigenvalue weighted by atomic mass is 10.1. The molecule has 3 aromatic carbocycles. The van der Waals surface area contributed by atoms with Crippen molar-refractivity contribution in [1.29, 1.82) is 0 Å². The van der Waals surface area contributed by atoms with Crippen molar-refractivity contribution in [2.75, 3.05) is 24.5 Å². The van der Waals surface area contributed by atoms with E-state index < -0.39 is 16.1 Å². The summed E-state index contributed by atoms with van der Waals surface area (Å²) in [6.07, 6.45) is -0.309. The molecule has 33 heavy (non-hydrogen) atoms. The average Bonchev–Trinajstić information content (AvgIpc) is 2.84. The fourth-order valence-corrected chi connectivity index (χ4v) is 5.28. The van der Waals surface area contributed by atoms with E-state index in [0.717, 1.165) is 11.3 Å². The number of carbonyl (C=O) groups is 1. The zero-order valence-corrected chi connectivity index (χ0v) is 19.1. The molecule has 1 atom stereocenters. The van der Waals surface area contributed by atoms with E-state index in [9.17, 15) is 13.2 Å². The second kappa shape index (κ2) is 9.95. The first-order chi connectivity index (χ1) is 16.0. The van der Waals surface area contributed by atoms with Gasteiger partial charge in [0.1, 0.15) is 11.5 Å². The minimum atomic E-state index is -3.72. The fraction of sp³-hybridized carbons (Fsp3) is 0.240. The minimum Gasteiger partial charge on any atom is -0.497 e. The Morgan fingerprint density at radius 2 is 1.70 bits per heavy atom. The van der Waals surface area contributed by atoms with Gasteiger partial charge in [-0.1, -0.05) is 54.6 Å². The van der Waals surface area contributed by atoms with E-state index in [1.807, 2.05) is 30.3 Å². The molecule has 0 bridgehead atoms. The molecule has 0 spiro atoms. The first kappa shape index (κ1) is 22.7. The van der Waals surface area contributed by atoms with Crippen molar-refractivity contribution in [3.63, 3.8) is 0 Å². The van der Waals surface area contributed by atoms with Gasteiger partial charge in [0.25, 0.3) is 5.91 Å². The van der Waals surface area contributed by atoms with E-state index in [1.165, 1.54) is 4.31 Å². The number of sulfonamides is 1. The van der Waals surface area contributed by atoms with Crippen LogP contribution in [-0.4, -0.2) is 40.6 Å². The van der Waals surface area contributed by atoms with Gasteiger partial charge in [-0.3, -0.25) is 9.10 Å². The van der Waals surface area contributed by atoms with E-state index >= 15 is 0 Å². The van der Waals surface area contributed by atoms with E-state index in [-0.39, 0.29) is 18.2 Å². The van der Waals surface area contributed by atoms with Crippen LogP contribution in [0.15, 0.2) is 78.9 Å². The van der Waals surface area contributed by atoms with Gasteiger partial charge in [0.05, 0.1) is 25.1 Å². The number of benzene rings is 3. The number of nitrogens with one attached hydrogen (secondary N) is 1. The number of fused-ring (bicyclic) bond motifs is 1. The van der Waals surface area contributed by atoms with E-state index in [2.05, 4.69) is 5.32 Å². The van der Waals surface area contributed by atoms with Crippen molar-refractivity contribution < 1.29 is 22.7 Å². The van der Waals surface area contributed by atoms with Crippen molar-refractivity contribution in [2.45, 2.75) is 18.3 Å². The number of ether oxygens (including phenoxy) is 2. The van der Waals surface area contributed by atoms with Gasteiger partial charge in [-0.05, 0) is 41.8 Å². The molecule has 0 radical (unpaired) electrons. The third kappa shape index (κ3) is 5.46. The normalized spacial score (nSPS) is 15.3. The molecule has 0 aliphatic carbocycles. The Morgan fingerprint density at radius 1 is 1.00 bits per heavy atom. The first-order valence-electron chi connectivity index (χ1n) is 10.7. The predicted molar refractivity (Wildman–Crippen MR) is 127 cm³/mol. The molecule has 0 saturated heterocycles. The number of amides is 1. The van der Waals surface area contributed by atoms with Crippen LogP contribution in [0.5, 0.6) is 11.5 Å². The zero-order valence-electron chi connectivity index (χ0n) is 18.3. The van der Waals surface area contributed by atoms with Crippen LogP contribution in [0.1, 0.15) is 11.1 Å². The van der Waals surface area contributed by atoms with Gasteiger partial charge >= 0.3 is 0 Å². The summed E-state index contributed by atoms with van der Waals surface area (Å²) in [5, 5.41) is 2.87. The van der Waals surface area contributed by atoms with E-state index in [1.54, 1.807) is 55.6 Å². The number of hydrogen-bond acceptors (Lipinski definition) is 5. The van der Waals surface area contributed by atoms with Gasteiger partial charge < -0.3 is 14.8 Å². The van der Waals surface area contributed by atoms with E-state index in [0.29, 0.717) is 30.0 Å². The Morgan fingerprint density at radius 3 is 2.42 bits per heavy atom. The van der Waals surface area contributed by atoms with Gasteiger partial charge in [-0.25, -0.2) is 8.42 Å². The van der Waals surface area contributed by atoms with E-state index in [4.69, 9.17) is 9.47 Å². The first-order valence-corrected chi connectivity index (χ1v) is 12.3. The number of rotatable bonds is 8. The number of methoxy groups -OCH3 is 1. The Balaban J connectivity index is 1.45. The highest BCUT2D eigenvalue weighted by Crippen LogP contribution is 2.35. The van der Waals surface area contributed by atoms with Gasteiger partial charge in [-0.2, -0.15) is 0 Å². The molecule has 1 amide bonds. The topological polar surface area (TPSA) is 84.9 Å². The summed E-state index contributed by atoms with van der Waals surface area (Å²) in [5.74, 6) is 0.635. The molecule has 1 heterocycles. The molecule has 4 rings (SSSR count). The zero-order chi connectivity index (χ0) is 23.3. The van der Waals surface area contributed by atoms with Crippen LogP contribution in [0.4, 0.5) is 5.69 Å². The monoisotopic (exact) mass is 466 g/mol. The lowest BCUT2D eigenvalue weighted by Gasteiger charge is -2.34. The maximum atomic E-state index is 13.3. The summed E-state index contributed by atoms with van der Waals surface area (Å²) in [6.45, 7) is 0.323. The molecule has 1 aliphatic rings. The van der Waals surface area contributed by atoms with Crippen molar-refractivity contribution in [1.82, 2.24) is 5.32 Å². The molecule has 7 nitrogen and oxygen atoms in total. The molecule has 172 valence electrons. The van der Waals surface area contributed by atoms with Crippen molar-refractivity contribution >= 4 is 21.6 Å². The Labute approximate surface area is 194 Å². The second-order valence-corrected chi connectivity index (χ2v) is 9.63. The highest BCUT2D eigenvalue weighted by atomic mass is 32.2. The number of anilines is 1. The maximum Gasteiger partial charge on any atom is 0.263 e. The molecular formula is C25H26N2O5S. The predicted octanol–water partition coefficient (Wildman–Crippen LogP) is 3.15. The number of carbonyl (C=O) groups excluding carboxylic acids is 1. The van der Waals surface area contributed by atoms with Crippen LogP contribution < -0.4 is 19.1 Å². The molecule has 1 aliphatic heterocycles. The highest BCUT2D eigenvalue weighted by Gasteiger charge is 2.36. The van der Waals surface area contributed by atoms with Gasteiger partial charge in [0.2, 0.25) is 10.0 Å². The van der Waals surface area contributed by atoms with Gasteiger partial charge in [0.15, 0.2) is 6.10 Å². The summed E-state index contributed by atoms with van der Waals surface area (Å²) >= 11 is 0. The molecule has 0 aromatic heterocycles. The third-order valence-corrected chi connectivity index (χ3v) is 7.14. The molecule has 0 fully saturated rings. The lowest BCUT2D eigenvalue weighted by molar-refractivity contribution is -0.127.